The van der Waals surface area contributed by atoms with Crippen LogP contribution in [0.2, 0.25) is 0 Å². The number of carbonyl (C=O) groups excluding carboxylic acids is 1. The maximum atomic E-state index is 10.9. The lowest BCUT2D eigenvalue weighted by Gasteiger charge is -2.45. The summed E-state index contributed by atoms with van der Waals surface area (Å²) in [5, 5.41) is 0. The number of rotatable bonds is 3. The Morgan fingerprint density at radius 2 is 2.13 bits per heavy atom. The molecule has 1 fully saturated rings. The Bertz CT molecular complexity index is 380. The largest absolute Gasteiger partial charge is 0.342 e. The van der Waals surface area contributed by atoms with E-state index in [0.717, 1.165) is 17.5 Å². The van der Waals surface area contributed by atoms with Crippen LogP contribution < -0.4 is 0 Å². The normalized spacial score (nSPS) is 18.6. The van der Waals surface area contributed by atoms with Crippen LogP contribution in [-0.2, 0) is 5.54 Å². The zero-order valence-corrected chi connectivity index (χ0v) is 9.84. The van der Waals surface area contributed by atoms with Crippen molar-refractivity contribution in [1.29, 1.82) is 0 Å². The first-order valence-electron chi connectivity index (χ1n) is 5.79. The summed E-state index contributed by atoms with van der Waals surface area (Å²) in [4.78, 5) is 10.9. The van der Waals surface area contributed by atoms with Crippen LogP contribution in [0.5, 0.6) is 0 Å². The molecule has 1 aromatic heterocycles. The fourth-order valence-electron chi connectivity index (χ4n) is 2.96. The highest BCUT2D eigenvalue weighted by Crippen LogP contribution is 2.44. The van der Waals surface area contributed by atoms with Crippen molar-refractivity contribution in [3.05, 3.63) is 23.0 Å². The molecule has 2 rings (SSSR count). The number of carbonyl (C=O) groups is 1. The third kappa shape index (κ3) is 1.35. The standard InChI is InChI=1S/C13H19NO/c1-4-13(6-5-7-13)14-10(2)8-12(9-15)11(14)3/h8-9H,4-7H2,1-3H3. The van der Waals surface area contributed by atoms with Gasteiger partial charge < -0.3 is 4.57 Å². The Kier molecular flexibility index (Phi) is 2.45. The molecule has 2 nitrogen and oxygen atoms in total. The van der Waals surface area contributed by atoms with E-state index >= 15 is 0 Å². The molecule has 15 heavy (non-hydrogen) atoms. The molecule has 1 heterocycles. The van der Waals surface area contributed by atoms with Gasteiger partial charge in [0.15, 0.2) is 6.29 Å². The maximum absolute atomic E-state index is 10.9. The Labute approximate surface area is 91.3 Å². The van der Waals surface area contributed by atoms with Crippen LogP contribution in [-0.4, -0.2) is 10.9 Å². The average molecular weight is 205 g/mol. The zero-order chi connectivity index (χ0) is 11.1. The summed E-state index contributed by atoms with van der Waals surface area (Å²) in [6, 6.07) is 2.01. The molecule has 0 spiro atoms. The van der Waals surface area contributed by atoms with Crippen molar-refractivity contribution in [2.75, 3.05) is 0 Å². The molecule has 1 aromatic rings. The summed E-state index contributed by atoms with van der Waals surface area (Å²) in [7, 11) is 0. The monoisotopic (exact) mass is 205 g/mol. The van der Waals surface area contributed by atoms with Crippen LogP contribution in [0.3, 0.4) is 0 Å². The molecule has 0 atom stereocenters. The summed E-state index contributed by atoms with van der Waals surface area (Å²) < 4.78 is 2.39. The molecule has 1 saturated carbocycles. The predicted octanol–water partition coefficient (Wildman–Crippen LogP) is 3.21. The van der Waals surface area contributed by atoms with Crippen LogP contribution in [0, 0.1) is 13.8 Å². The van der Waals surface area contributed by atoms with E-state index in [9.17, 15) is 4.79 Å². The smallest absolute Gasteiger partial charge is 0.151 e. The van der Waals surface area contributed by atoms with Crippen molar-refractivity contribution in [3.8, 4) is 0 Å². The van der Waals surface area contributed by atoms with E-state index in [4.69, 9.17) is 0 Å². The van der Waals surface area contributed by atoms with Crippen molar-refractivity contribution in [1.82, 2.24) is 4.57 Å². The second kappa shape index (κ2) is 3.51. The molecule has 0 N–H and O–H groups in total. The molecular weight excluding hydrogens is 186 g/mol. The van der Waals surface area contributed by atoms with Crippen molar-refractivity contribution >= 4 is 6.29 Å². The van der Waals surface area contributed by atoms with Gasteiger partial charge >= 0.3 is 0 Å². The lowest BCUT2D eigenvalue weighted by Crippen LogP contribution is -2.41. The number of nitrogens with zero attached hydrogens (tertiary/aromatic N) is 1. The number of aldehydes is 1. The van der Waals surface area contributed by atoms with Crippen LogP contribution >= 0.6 is 0 Å². The number of aromatic nitrogens is 1. The minimum atomic E-state index is 0.315. The molecule has 0 radical (unpaired) electrons. The number of hydrogen-bond donors (Lipinski definition) is 0. The highest BCUT2D eigenvalue weighted by molar-refractivity contribution is 5.77. The molecule has 82 valence electrons. The lowest BCUT2D eigenvalue weighted by atomic mass is 9.74. The van der Waals surface area contributed by atoms with Crippen LogP contribution in [0.25, 0.3) is 0 Å². The van der Waals surface area contributed by atoms with E-state index in [1.807, 2.05) is 6.07 Å². The van der Waals surface area contributed by atoms with Gasteiger partial charge in [0, 0.05) is 22.5 Å². The summed E-state index contributed by atoms with van der Waals surface area (Å²) >= 11 is 0. The SMILES string of the molecule is CCC1(n2c(C)cc(C=O)c2C)CCC1. The topological polar surface area (TPSA) is 22.0 Å². The van der Waals surface area contributed by atoms with Crippen molar-refractivity contribution < 1.29 is 4.79 Å². The van der Waals surface area contributed by atoms with Gasteiger partial charge in [-0.1, -0.05) is 6.92 Å². The fraction of sp³-hybridized carbons (Fsp3) is 0.615. The molecule has 2 heteroatoms. The van der Waals surface area contributed by atoms with Crippen molar-refractivity contribution in [2.24, 2.45) is 0 Å². The first-order valence-corrected chi connectivity index (χ1v) is 5.79. The van der Waals surface area contributed by atoms with Gasteiger partial charge in [0.1, 0.15) is 0 Å². The Balaban J connectivity index is 2.51. The van der Waals surface area contributed by atoms with Crippen molar-refractivity contribution in [2.45, 2.75) is 52.0 Å². The second-order valence-electron chi connectivity index (χ2n) is 4.71. The number of aryl methyl sites for hydroxylation is 1. The average Bonchev–Trinajstić information content (AvgIpc) is 2.44. The van der Waals surface area contributed by atoms with Gasteiger partial charge in [0.2, 0.25) is 0 Å². The van der Waals surface area contributed by atoms with E-state index in [0.29, 0.717) is 5.54 Å². The highest BCUT2D eigenvalue weighted by Gasteiger charge is 2.38. The minimum Gasteiger partial charge on any atom is -0.342 e. The van der Waals surface area contributed by atoms with Gasteiger partial charge in [-0.25, -0.2) is 0 Å². The third-order valence-corrected chi connectivity index (χ3v) is 4.01. The van der Waals surface area contributed by atoms with Gasteiger partial charge in [-0.3, -0.25) is 4.79 Å². The van der Waals surface area contributed by atoms with Gasteiger partial charge in [0.25, 0.3) is 0 Å². The van der Waals surface area contributed by atoms with E-state index in [2.05, 4.69) is 25.3 Å². The van der Waals surface area contributed by atoms with Gasteiger partial charge in [-0.2, -0.15) is 0 Å². The molecule has 0 amide bonds. The molecule has 0 saturated heterocycles. The molecule has 0 unspecified atom stereocenters. The van der Waals surface area contributed by atoms with Gasteiger partial charge in [-0.15, -0.1) is 0 Å². The Morgan fingerprint density at radius 3 is 2.47 bits per heavy atom. The third-order valence-electron chi connectivity index (χ3n) is 4.01. The summed E-state index contributed by atoms with van der Waals surface area (Å²) in [5.41, 5.74) is 3.54. The van der Waals surface area contributed by atoms with Crippen LogP contribution in [0.1, 0.15) is 54.4 Å². The summed E-state index contributed by atoms with van der Waals surface area (Å²) in [5.74, 6) is 0. The molecule has 1 aliphatic rings. The quantitative estimate of drug-likeness (QED) is 0.694. The Hall–Kier alpha value is -1.05. The number of hydrogen-bond acceptors (Lipinski definition) is 1. The predicted molar refractivity (Wildman–Crippen MR) is 61.4 cm³/mol. The maximum Gasteiger partial charge on any atom is 0.151 e. The molecule has 0 aliphatic heterocycles. The second-order valence-corrected chi connectivity index (χ2v) is 4.71. The van der Waals surface area contributed by atoms with Gasteiger partial charge in [0.05, 0.1) is 0 Å². The summed E-state index contributed by atoms with van der Waals surface area (Å²) in [6.45, 7) is 6.42. The van der Waals surface area contributed by atoms with Crippen LogP contribution in [0.15, 0.2) is 6.07 Å². The zero-order valence-electron chi connectivity index (χ0n) is 9.84. The highest BCUT2D eigenvalue weighted by atomic mass is 16.1. The van der Waals surface area contributed by atoms with Gasteiger partial charge in [-0.05, 0) is 45.6 Å². The van der Waals surface area contributed by atoms with Crippen LogP contribution in [0.4, 0.5) is 0 Å². The molecule has 0 aromatic carbocycles. The Morgan fingerprint density at radius 1 is 1.47 bits per heavy atom. The first kappa shape index (κ1) is 10.5. The minimum absolute atomic E-state index is 0.315. The van der Waals surface area contributed by atoms with E-state index in [1.54, 1.807) is 0 Å². The molecule has 1 aliphatic carbocycles. The summed E-state index contributed by atoms with van der Waals surface area (Å²) in [6.07, 6.45) is 5.99. The molecule has 0 bridgehead atoms. The fourth-order valence-corrected chi connectivity index (χ4v) is 2.96. The van der Waals surface area contributed by atoms with Crippen molar-refractivity contribution in [3.63, 3.8) is 0 Å². The molecular formula is C13H19NO. The van der Waals surface area contributed by atoms with E-state index in [1.165, 1.54) is 31.4 Å². The first-order chi connectivity index (χ1) is 7.14. The lowest BCUT2D eigenvalue weighted by molar-refractivity contribution is 0.111. The van der Waals surface area contributed by atoms with E-state index < -0.39 is 0 Å². The van der Waals surface area contributed by atoms with E-state index in [-0.39, 0.29) is 0 Å².